The number of nitro groups is 1. The standard InChI is InChI=1S/C19H24N2O7/c1-12-7-16(22)14(15(12)10-21(25)26)8-19(24)28-11-18(23)20-9-13-5-3-4-6-17(13)27-2/h3-6,12,14-15H,7-11H2,1-2H3,(H,20,23)/t12-,14-,15-/m1/s1. The maximum Gasteiger partial charge on any atom is 0.307 e. The van der Waals surface area contributed by atoms with Crippen LogP contribution in [0.4, 0.5) is 0 Å². The molecule has 0 saturated heterocycles. The van der Waals surface area contributed by atoms with Crippen LogP contribution in [0.1, 0.15) is 25.3 Å². The highest BCUT2D eigenvalue weighted by Gasteiger charge is 2.44. The van der Waals surface area contributed by atoms with Gasteiger partial charge in [-0.25, -0.2) is 0 Å². The van der Waals surface area contributed by atoms with Crippen molar-refractivity contribution in [2.75, 3.05) is 20.3 Å². The van der Waals surface area contributed by atoms with Crippen molar-refractivity contribution in [2.24, 2.45) is 17.8 Å². The van der Waals surface area contributed by atoms with Crippen LogP contribution >= 0.6 is 0 Å². The van der Waals surface area contributed by atoms with Gasteiger partial charge in [0, 0.05) is 35.3 Å². The Hall–Kier alpha value is -2.97. The molecule has 0 radical (unpaired) electrons. The van der Waals surface area contributed by atoms with Gasteiger partial charge < -0.3 is 14.8 Å². The molecule has 0 aromatic heterocycles. The predicted molar refractivity (Wildman–Crippen MR) is 98.0 cm³/mol. The van der Waals surface area contributed by atoms with Crippen molar-refractivity contribution in [1.29, 1.82) is 0 Å². The lowest BCUT2D eigenvalue weighted by Gasteiger charge is -2.17. The number of para-hydroxylation sites is 1. The van der Waals surface area contributed by atoms with Crippen molar-refractivity contribution < 1.29 is 28.8 Å². The number of nitrogens with one attached hydrogen (secondary N) is 1. The lowest BCUT2D eigenvalue weighted by atomic mass is 9.88. The number of benzene rings is 1. The van der Waals surface area contributed by atoms with Crippen LogP contribution in [0.5, 0.6) is 5.75 Å². The summed E-state index contributed by atoms with van der Waals surface area (Å²) >= 11 is 0. The average Bonchev–Trinajstić information content (AvgIpc) is 2.91. The molecule has 3 atom stereocenters. The second-order valence-electron chi connectivity index (χ2n) is 6.89. The molecule has 1 aromatic rings. The molecule has 0 spiro atoms. The summed E-state index contributed by atoms with van der Waals surface area (Å²) in [5, 5.41) is 13.4. The Morgan fingerprint density at radius 1 is 1.32 bits per heavy atom. The number of nitrogens with zero attached hydrogens (tertiary/aromatic N) is 1. The fourth-order valence-electron chi connectivity index (χ4n) is 3.48. The molecule has 1 N–H and O–H groups in total. The molecule has 1 fully saturated rings. The Morgan fingerprint density at radius 3 is 2.71 bits per heavy atom. The molecule has 0 unspecified atom stereocenters. The fourth-order valence-corrected chi connectivity index (χ4v) is 3.48. The maximum absolute atomic E-state index is 12.0. The second-order valence-corrected chi connectivity index (χ2v) is 6.89. The number of amides is 1. The molecule has 1 aliphatic rings. The van der Waals surface area contributed by atoms with E-state index in [1.165, 1.54) is 7.11 Å². The Kier molecular flexibility index (Phi) is 7.48. The van der Waals surface area contributed by atoms with Crippen LogP contribution in [0, 0.1) is 27.9 Å². The molecule has 9 nitrogen and oxygen atoms in total. The van der Waals surface area contributed by atoms with E-state index in [-0.39, 0.29) is 37.6 Å². The number of rotatable bonds is 9. The van der Waals surface area contributed by atoms with Crippen LogP contribution in [0.25, 0.3) is 0 Å². The summed E-state index contributed by atoms with van der Waals surface area (Å²) in [5.74, 6) is -2.12. The Labute approximate surface area is 162 Å². The number of carbonyl (C=O) groups excluding carboxylic acids is 3. The quantitative estimate of drug-likeness (QED) is 0.382. The normalized spacial score (nSPS) is 21.2. The minimum Gasteiger partial charge on any atom is -0.496 e. The third-order valence-electron chi connectivity index (χ3n) is 4.96. The largest absolute Gasteiger partial charge is 0.496 e. The van der Waals surface area contributed by atoms with E-state index < -0.39 is 35.2 Å². The van der Waals surface area contributed by atoms with E-state index in [1.807, 2.05) is 12.1 Å². The molecule has 0 heterocycles. The Bertz CT molecular complexity index is 750. The third kappa shape index (κ3) is 5.77. The number of ether oxygens (including phenoxy) is 2. The van der Waals surface area contributed by atoms with E-state index in [2.05, 4.69) is 5.32 Å². The van der Waals surface area contributed by atoms with Crippen LogP contribution in [0.3, 0.4) is 0 Å². The Morgan fingerprint density at radius 2 is 2.04 bits per heavy atom. The number of Topliss-reactive ketones (excluding diaryl/α,β-unsaturated/α-hetero) is 1. The maximum atomic E-state index is 12.0. The number of hydrogen-bond donors (Lipinski definition) is 1. The van der Waals surface area contributed by atoms with E-state index in [4.69, 9.17) is 9.47 Å². The van der Waals surface area contributed by atoms with Gasteiger partial charge in [-0.3, -0.25) is 24.5 Å². The molecule has 1 saturated carbocycles. The zero-order valence-corrected chi connectivity index (χ0v) is 15.9. The summed E-state index contributed by atoms with van der Waals surface area (Å²) in [5.41, 5.74) is 0.776. The van der Waals surface area contributed by atoms with Crippen LogP contribution in [0.2, 0.25) is 0 Å². The lowest BCUT2D eigenvalue weighted by Crippen LogP contribution is -2.30. The topological polar surface area (TPSA) is 125 Å². The van der Waals surface area contributed by atoms with Crippen LogP contribution in [-0.4, -0.2) is 42.8 Å². The first-order valence-corrected chi connectivity index (χ1v) is 9.00. The van der Waals surface area contributed by atoms with E-state index in [9.17, 15) is 24.5 Å². The highest BCUT2D eigenvalue weighted by Crippen LogP contribution is 2.36. The van der Waals surface area contributed by atoms with Gasteiger partial charge >= 0.3 is 5.97 Å². The molecule has 1 aromatic carbocycles. The molecular weight excluding hydrogens is 368 g/mol. The highest BCUT2D eigenvalue weighted by atomic mass is 16.6. The first-order chi connectivity index (χ1) is 13.3. The molecule has 1 amide bonds. The molecule has 1 aliphatic carbocycles. The van der Waals surface area contributed by atoms with Crippen LogP contribution in [-0.2, 0) is 25.7 Å². The summed E-state index contributed by atoms with van der Waals surface area (Å²) in [6.07, 6.45) is -0.0304. The van der Waals surface area contributed by atoms with E-state index in [1.54, 1.807) is 19.1 Å². The second kappa shape index (κ2) is 9.82. The number of methoxy groups -OCH3 is 1. The molecule has 0 bridgehead atoms. The van der Waals surface area contributed by atoms with Crippen LogP contribution < -0.4 is 10.1 Å². The third-order valence-corrected chi connectivity index (χ3v) is 4.96. The van der Waals surface area contributed by atoms with Crippen molar-refractivity contribution in [3.63, 3.8) is 0 Å². The van der Waals surface area contributed by atoms with Gasteiger partial charge in [-0.05, 0) is 12.0 Å². The van der Waals surface area contributed by atoms with E-state index >= 15 is 0 Å². The minimum absolute atomic E-state index is 0.153. The zero-order chi connectivity index (χ0) is 20.7. The molecule has 152 valence electrons. The minimum atomic E-state index is -0.732. The first-order valence-electron chi connectivity index (χ1n) is 9.00. The lowest BCUT2D eigenvalue weighted by molar-refractivity contribution is -0.490. The summed E-state index contributed by atoms with van der Waals surface area (Å²) in [6, 6.07) is 7.18. The van der Waals surface area contributed by atoms with Crippen molar-refractivity contribution >= 4 is 17.7 Å². The number of hydrogen-bond acceptors (Lipinski definition) is 7. The highest BCUT2D eigenvalue weighted by molar-refractivity contribution is 5.88. The summed E-state index contributed by atoms with van der Waals surface area (Å²) < 4.78 is 10.1. The summed E-state index contributed by atoms with van der Waals surface area (Å²) in [6.45, 7) is 1.14. The fraction of sp³-hybridized carbons (Fsp3) is 0.526. The van der Waals surface area contributed by atoms with Gasteiger partial charge in [0.1, 0.15) is 11.5 Å². The smallest absolute Gasteiger partial charge is 0.307 e. The van der Waals surface area contributed by atoms with Gasteiger partial charge in [0.2, 0.25) is 6.54 Å². The molecule has 9 heteroatoms. The van der Waals surface area contributed by atoms with E-state index in [0.717, 1.165) is 5.56 Å². The Balaban J connectivity index is 1.80. The van der Waals surface area contributed by atoms with Crippen molar-refractivity contribution in [2.45, 2.75) is 26.3 Å². The van der Waals surface area contributed by atoms with Gasteiger partial charge in [-0.2, -0.15) is 0 Å². The zero-order valence-electron chi connectivity index (χ0n) is 15.9. The average molecular weight is 392 g/mol. The van der Waals surface area contributed by atoms with Gasteiger partial charge in [0.25, 0.3) is 5.91 Å². The monoisotopic (exact) mass is 392 g/mol. The van der Waals surface area contributed by atoms with Crippen molar-refractivity contribution in [3.8, 4) is 5.75 Å². The summed E-state index contributed by atoms with van der Waals surface area (Å²) in [4.78, 5) is 46.3. The van der Waals surface area contributed by atoms with Crippen molar-refractivity contribution in [3.05, 3.63) is 39.9 Å². The predicted octanol–water partition coefficient (Wildman–Crippen LogP) is 1.36. The molecular formula is C19H24N2O7. The van der Waals surface area contributed by atoms with Gasteiger partial charge in [-0.15, -0.1) is 0 Å². The van der Waals surface area contributed by atoms with Gasteiger partial charge in [0.05, 0.1) is 13.5 Å². The number of carbonyl (C=O) groups is 3. The summed E-state index contributed by atoms with van der Waals surface area (Å²) in [7, 11) is 1.53. The SMILES string of the molecule is COc1ccccc1CNC(=O)COC(=O)C[C@H]1C(=O)C[C@@H](C)[C@H]1C[N+](=O)[O-]. The molecule has 2 rings (SSSR count). The first kappa shape index (κ1) is 21.3. The van der Waals surface area contributed by atoms with Gasteiger partial charge in [-0.1, -0.05) is 25.1 Å². The van der Waals surface area contributed by atoms with E-state index in [0.29, 0.717) is 5.75 Å². The van der Waals surface area contributed by atoms with Crippen molar-refractivity contribution in [1.82, 2.24) is 5.32 Å². The van der Waals surface area contributed by atoms with Gasteiger partial charge in [0.15, 0.2) is 6.61 Å². The number of ketones is 1. The molecule has 0 aliphatic heterocycles. The number of esters is 1. The molecule has 28 heavy (non-hydrogen) atoms. The van der Waals surface area contributed by atoms with Crippen LogP contribution in [0.15, 0.2) is 24.3 Å².